The van der Waals surface area contributed by atoms with Crippen LogP contribution in [-0.2, 0) is 11.2 Å². The van der Waals surface area contributed by atoms with Crippen molar-refractivity contribution in [3.8, 4) is 16.5 Å². The smallest absolute Gasteiger partial charge is 0.317 e. The number of esters is 1. The summed E-state index contributed by atoms with van der Waals surface area (Å²) in [5.41, 5.74) is 1.76. The molecule has 0 fully saturated rings. The van der Waals surface area contributed by atoms with Gasteiger partial charge in [0.25, 0.3) is 5.69 Å². The number of hydrogen-bond acceptors (Lipinski definition) is 7. The topological polar surface area (TPSA) is 95.2 Å². The van der Waals surface area contributed by atoms with Crippen LogP contribution in [0.3, 0.4) is 0 Å². The molecule has 0 aliphatic rings. The van der Waals surface area contributed by atoms with Gasteiger partial charge in [-0.05, 0) is 31.2 Å². The predicted octanol–water partition coefficient (Wildman–Crippen LogP) is 3.57. The second-order valence-corrected chi connectivity index (χ2v) is 6.07. The summed E-state index contributed by atoms with van der Waals surface area (Å²) in [7, 11) is 0. The lowest BCUT2D eigenvalue weighted by molar-refractivity contribution is -0.385. The van der Waals surface area contributed by atoms with Gasteiger partial charge in [-0.1, -0.05) is 6.07 Å². The van der Waals surface area contributed by atoms with E-state index in [0.29, 0.717) is 11.3 Å². The summed E-state index contributed by atoms with van der Waals surface area (Å²) < 4.78 is 5.24. The summed E-state index contributed by atoms with van der Waals surface area (Å²) in [5, 5.41) is 13.3. The van der Waals surface area contributed by atoms with Crippen LogP contribution in [0.25, 0.3) is 10.7 Å². The minimum Gasteiger partial charge on any atom is -0.426 e. The number of aromatic nitrogens is 2. The van der Waals surface area contributed by atoms with E-state index in [1.807, 2.05) is 18.2 Å². The zero-order valence-corrected chi connectivity index (χ0v) is 14.0. The summed E-state index contributed by atoms with van der Waals surface area (Å²) in [6, 6.07) is 9.73. The van der Waals surface area contributed by atoms with Crippen LogP contribution < -0.4 is 4.74 Å². The molecule has 25 heavy (non-hydrogen) atoms. The number of nitrogens with zero attached hydrogens (tertiary/aromatic N) is 3. The number of thiazole rings is 1. The zero-order valence-electron chi connectivity index (χ0n) is 13.2. The standard InChI is InChI=1S/C17H13N3O4S/c1-11-8-13(5-6-15(11)20(22)23)24-16(21)9-12-10-25-17(19-12)14-4-2-3-7-18-14/h2-8,10H,9H2,1H3. The zero-order chi connectivity index (χ0) is 17.8. The summed E-state index contributed by atoms with van der Waals surface area (Å²) in [6.07, 6.45) is 1.70. The lowest BCUT2D eigenvalue weighted by Gasteiger charge is -2.04. The van der Waals surface area contributed by atoms with Crippen LogP contribution in [0, 0.1) is 17.0 Å². The first-order chi connectivity index (χ1) is 12.0. The Bertz CT molecular complexity index is 925. The Morgan fingerprint density at radius 2 is 2.16 bits per heavy atom. The molecule has 2 aromatic heterocycles. The number of pyridine rings is 1. The molecular formula is C17H13N3O4S. The van der Waals surface area contributed by atoms with E-state index in [-0.39, 0.29) is 17.9 Å². The van der Waals surface area contributed by atoms with Gasteiger partial charge in [0, 0.05) is 23.2 Å². The molecule has 0 unspecified atom stereocenters. The predicted molar refractivity (Wildman–Crippen MR) is 92.5 cm³/mol. The monoisotopic (exact) mass is 355 g/mol. The van der Waals surface area contributed by atoms with Gasteiger partial charge in [-0.3, -0.25) is 19.9 Å². The maximum atomic E-state index is 12.1. The van der Waals surface area contributed by atoms with E-state index < -0.39 is 10.9 Å². The molecule has 0 saturated carbocycles. The average Bonchev–Trinajstić information content (AvgIpc) is 3.03. The van der Waals surface area contributed by atoms with Crippen molar-refractivity contribution < 1.29 is 14.5 Å². The third-order valence-electron chi connectivity index (χ3n) is 3.36. The van der Waals surface area contributed by atoms with Gasteiger partial charge in [0.05, 0.1) is 22.7 Å². The van der Waals surface area contributed by atoms with Crippen LogP contribution >= 0.6 is 11.3 Å². The lowest BCUT2D eigenvalue weighted by Crippen LogP contribution is -2.11. The van der Waals surface area contributed by atoms with Crippen LogP contribution in [0.15, 0.2) is 48.0 Å². The van der Waals surface area contributed by atoms with E-state index in [1.165, 1.54) is 29.5 Å². The van der Waals surface area contributed by atoms with Crippen LogP contribution in [0.2, 0.25) is 0 Å². The Morgan fingerprint density at radius 1 is 1.32 bits per heavy atom. The van der Waals surface area contributed by atoms with Crippen molar-refractivity contribution in [2.75, 3.05) is 0 Å². The molecule has 0 atom stereocenters. The average molecular weight is 355 g/mol. The van der Waals surface area contributed by atoms with E-state index in [1.54, 1.807) is 18.5 Å². The number of carbonyl (C=O) groups is 1. The molecule has 0 aliphatic carbocycles. The molecule has 126 valence electrons. The lowest BCUT2D eigenvalue weighted by atomic mass is 10.2. The van der Waals surface area contributed by atoms with Crippen LogP contribution in [-0.4, -0.2) is 20.9 Å². The Hall–Kier alpha value is -3.13. The molecule has 0 N–H and O–H groups in total. The quantitative estimate of drug-likeness (QED) is 0.300. The fraction of sp³-hybridized carbons (Fsp3) is 0.118. The molecule has 3 rings (SSSR count). The van der Waals surface area contributed by atoms with Crippen molar-refractivity contribution in [1.29, 1.82) is 0 Å². The van der Waals surface area contributed by atoms with Crippen molar-refractivity contribution in [2.45, 2.75) is 13.3 Å². The first-order valence-electron chi connectivity index (χ1n) is 7.34. The molecule has 0 bridgehead atoms. The van der Waals surface area contributed by atoms with Crippen LogP contribution in [0.5, 0.6) is 5.75 Å². The van der Waals surface area contributed by atoms with Gasteiger partial charge in [-0.2, -0.15) is 0 Å². The summed E-state index contributed by atoms with van der Waals surface area (Å²) in [6.45, 7) is 1.59. The highest BCUT2D eigenvalue weighted by atomic mass is 32.1. The molecule has 0 saturated heterocycles. The highest BCUT2D eigenvalue weighted by Crippen LogP contribution is 2.24. The highest BCUT2D eigenvalue weighted by molar-refractivity contribution is 7.13. The van der Waals surface area contributed by atoms with Crippen molar-refractivity contribution in [2.24, 2.45) is 0 Å². The Labute approximate surface area is 147 Å². The third kappa shape index (κ3) is 4.04. The first kappa shape index (κ1) is 16.7. The van der Waals surface area contributed by atoms with Crippen molar-refractivity contribution in [3.05, 3.63) is 69.3 Å². The van der Waals surface area contributed by atoms with Gasteiger partial charge in [0.15, 0.2) is 0 Å². The highest BCUT2D eigenvalue weighted by Gasteiger charge is 2.14. The van der Waals surface area contributed by atoms with E-state index in [4.69, 9.17) is 4.74 Å². The van der Waals surface area contributed by atoms with Gasteiger partial charge in [0.2, 0.25) is 0 Å². The SMILES string of the molecule is Cc1cc(OC(=O)Cc2csc(-c3ccccn3)n2)ccc1[N+](=O)[O-]. The van der Waals surface area contributed by atoms with E-state index in [0.717, 1.165) is 10.7 Å². The normalized spacial score (nSPS) is 10.4. The van der Waals surface area contributed by atoms with Gasteiger partial charge >= 0.3 is 5.97 Å². The number of hydrogen-bond donors (Lipinski definition) is 0. The van der Waals surface area contributed by atoms with Crippen molar-refractivity contribution in [1.82, 2.24) is 9.97 Å². The van der Waals surface area contributed by atoms with E-state index >= 15 is 0 Å². The Balaban J connectivity index is 1.66. The maximum Gasteiger partial charge on any atom is 0.317 e. The number of rotatable bonds is 5. The van der Waals surface area contributed by atoms with Gasteiger partial charge in [0.1, 0.15) is 10.8 Å². The van der Waals surface area contributed by atoms with Crippen LogP contribution in [0.4, 0.5) is 5.69 Å². The van der Waals surface area contributed by atoms with Gasteiger partial charge in [-0.25, -0.2) is 4.98 Å². The second-order valence-electron chi connectivity index (χ2n) is 5.22. The first-order valence-corrected chi connectivity index (χ1v) is 8.22. The maximum absolute atomic E-state index is 12.1. The summed E-state index contributed by atoms with van der Waals surface area (Å²) >= 11 is 1.40. The number of benzene rings is 1. The number of nitro benzene ring substituents is 1. The van der Waals surface area contributed by atoms with E-state index in [9.17, 15) is 14.9 Å². The Morgan fingerprint density at radius 3 is 2.84 bits per heavy atom. The largest absolute Gasteiger partial charge is 0.426 e. The molecule has 3 aromatic rings. The third-order valence-corrected chi connectivity index (χ3v) is 4.27. The molecule has 1 aromatic carbocycles. The molecule has 0 spiro atoms. The molecule has 8 heteroatoms. The molecule has 0 radical (unpaired) electrons. The van der Waals surface area contributed by atoms with Crippen molar-refractivity contribution >= 4 is 23.0 Å². The summed E-state index contributed by atoms with van der Waals surface area (Å²) in [4.78, 5) is 31.0. The minimum absolute atomic E-state index is 0.0133. The second kappa shape index (κ2) is 7.18. The molecule has 2 heterocycles. The Kier molecular flexibility index (Phi) is 4.80. The number of aryl methyl sites for hydroxylation is 1. The fourth-order valence-corrected chi connectivity index (χ4v) is 3.00. The molecular weight excluding hydrogens is 342 g/mol. The number of ether oxygens (including phenoxy) is 1. The minimum atomic E-state index is -0.480. The van der Waals surface area contributed by atoms with Gasteiger partial charge < -0.3 is 4.74 Å². The fourth-order valence-electron chi connectivity index (χ4n) is 2.21. The number of nitro groups is 1. The molecule has 7 nitrogen and oxygen atoms in total. The molecule has 0 amide bonds. The van der Waals surface area contributed by atoms with E-state index in [2.05, 4.69) is 9.97 Å². The van der Waals surface area contributed by atoms with Crippen molar-refractivity contribution in [3.63, 3.8) is 0 Å². The molecule has 0 aliphatic heterocycles. The van der Waals surface area contributed by atoms with Crippen LogP contribution in [0.1, 0.15) is 11.3 Å². The summed E-state index contributed by atoms with van der Waals surface area (Å²) in [5.74, 6) is -0.209. The van der Waals surface area contributed by atoms with Gasteiger partial charge in [-0.15, -0.1) is 11.3 Å². The number of carbonyl (C=O) groups excluding carboxylic acids is 1.